The molecular weight excluding hydrogens is 288 g/mol. The number of amides is 1. The number of carboxylic acid groups (broad SMARTS) is 1. The second-order valence-corrected chi connectivity index (χ2v) is 4.38. The minimum Gasteiger partial charge on any atom is -0.480 e. The summed E-state index contributed by atoms with van der Waals surface area (Å²) in [5, 5.41) is 11.7. The van der Waals surface area contributed by atoms with Crippen molar-refractivity contribution in [2.75, 3.05) is 6.61 Å². The molecular formula is C12H15ClN2O5. The molecule has 1 aromatic rings. The number of aromatic amines is 1. The maximum absolute atomic E-state index is 11.8. The number of aromatic nitrogens is 1. The van der Waals surface area contributed by atoms with Gasteiger partial charge in [0.25, 0.3) is 5.91 Å². The van der Waals surface area contributed by atoms with Crippen LogP contribution in [-0.4, -0.2) is 40.6 Å². The molecule has 8 heteroatoms. The molecule has 7 nitrogen and oxygen atoms in total. The number of H-pyrrole nitrogens is 1. The Hall–Kier alpha value is -2.02. The third kappa shape index (κ3) is 4.93. The van der Waals surface area contributed by atoms with Gasteiger partial charge in [0.2, 0.25) is 0 Å². The number of halogens is 1. The molecule has 1 aromatic heterocycles. The molecule has 20 heavy (non-hydrogen) atoms. The second kappa shape index (κ2) is 7.54. The van der Waals surface area contributed by atoms with E-state index < -0.39 is 23.9 Å². The van der Waals surface area contributed by atoms with Crippen LogP contribution in [0, 0.1) is 0 Å². The Kier molecular flexibility index (Phi) is 6.05. The molecule has 1 amide bonds. The highest BCUT2D eigenvalue weighted by Crippen LogP contribution is 2.10. The molecule has 0 bridgehead atoms. The number of carbonyl (C=O) groups excluding carboxylic acids is 2. The lowest BCUT2D eigenvalue weighted by atomic mass is 10.1. The molecule has 1 heterocycles. The molecule has 1 rings (SSSR count). The van der Waals surface area contributed by atoms with Gasteiger partial charge in [0.1, 0.15) is 11.7 Å². The second-order valence-electron chi connectivity index (χ2n) is 3.94. The fourth-order valence-electron chi connectivity index (χ4n) is 1.49. The number of carboxylic acids is 1. The Bertz CT molecular complexity index is 500. The van der Waals surface area contributed by atoms with E-state index in [4.69, 9.17) is 21.4 Å². The van der Waals surface area contributed by atoms with Crippen molar-refractivity contribution >= 4 is 29.4 Å². The lowest BCUT2D eigenvalue weighted by molar-refractivity contribution is -0.144. The van der Waals surface area contributed by atoms with Gasteiger partial charge in [-0.15, -0.1) is 0 Å². The van der Waals surface area contributed by atoms with Crippen LogP contribution in [0.3, 0.4) is 0 Å². The smallest absolute Gasteiger partial charge is 0.326 e. The summed E-state index contributed by atoms with van der Waals surface area (Å²) in [6, 6.07) is 0.204. The van der Waals surface area contributed by atoms with Crippen LogP contribution in [0.5, 0.6) is 0 Å². The van der Waals surface area contributed by atoms with Gasteiger partial charge < -0.3 is 20.1 Å². The van der Waals surface area contributed by atoms with E-state index in [1.54, 1.807) is 6.92 Å². The third-order valence-electron chi connectivity index (χ3n) is 2.44. The van der Waals surface area contributed by atoms with Gasteiger partial charge >= 0.3 is 11.9 Å². The molecule has 110 valence electrons. The van der Waals surface area contributed by atoms with Crippen molar-refractivity contribution in [3.8, 4) is 0 Å². The van der Waals surface area contributed by atoms with E-state index >= 15 is 0 Å². The maximum Gasteiger partial charge on any atom is 0.326 e. The van der Waals surface area contributed by atoms with E-state index in [0.29, 0.717) is 5.02 Å². The monoisotopic (exact) mass is 302 g/mol. The van der Waals surface area contributed by atoms with Gasteiger partial charge in [-0.1, -0.05) is 11.6 Å². The first-order valence-corrected chi connectivity index (χ1v) is 6.35. The largest absolute Gasteiger partial charge is 0.480 e. The van der Waals surface area contributed by atoms with Crippen molar-refractivity contribution in [3.63, 3.8) is 0 Å². The van der Waals surface area contributed by atoms with Crippen LogP contribution in [0.15, 0.2) is 12.3 Å². The van der Waals surface area contributed by atoms with E-state index in [0.717, 1.165) is 0 Å². The summed E-state index contributed by atoms with van der Waals surface area (Å²) in [7, 11) is 0. The summed E-state index contributed by atoms with van der Waals surface area (Å²) >= 11 is 5.65. The quantitative estimate of drug-likeness (QED) is 0.656. The van der Waals surface area contributed by atoms with Gasteiger partial charge in [-0.25, -0.2) is 4.79 Å². The summed E-state index contributed by atoms with van der Waals surface area (Å²) < 4.78 is 4.70. The van der Waals surface area contributed by atoms with Crippen LogP contribution >= 0.6 is 11.6 Å². The molecule has 0 saturated carbocycles. The van der Waals surface area contributed by atoms with Crippen molar-refractivity contribution in [1.29, 1.82) is 0 Å². The number of hydrogen-bond acceptors (Lipinski definition) is 4. The average molecular weight is 303 g/mol. The summed E-state index contributed by atoms with van der Waals surface area (Å²) in [6.07, 6.45) is 1.27. The van der Waals surface area contributed by atoms with Gasteiger partial charge in [0, 0.05) is 12.6 Å². The average Bonchev–Trinajstić information content (AvgIpc) is 2.81. The fourth-order valence-corrected chi connectivity index (χ4v) is 1.65. The van der Waals surface area contributed by atoms with Crippen molar-refractivity contribution in [2.45, 2.75) is 25.8 Å². The fraction of sp³-hybridized carbons (Fsp3) is 0.417. The summed E-state index contributed by atoms with van der Waals surface area (Å²) in [6.45, 7) is 1.88. The minimum absolute atomic E-state index is 0.0473. The number of carbonyl (C=O) groups is 3. The Balaban J connectivity index is 2.57. The molecule has 0 fully saturated rings. The SMILES string of the molecule is CCOC(=O)CC[C@H](NC(=O)c1cc(Cl)c[nH]1)C(=O)O. The van der Waals surface area contributed by atoms with Gasteiger partial charge in [0.15, 0.2) is 0 Å². The standard InChI is InChI=1S/C12H15ClN2O5/c1-2-20-10(16)4-3-8(12(18)19)15-11(17)9-5-7(13)6-14-9/h5-6,8,14H,2-4H2,1H3,(H,15,17)(H,18,19)/t8-/m0/s1. The van der Waals surface area contributed by atoms with Crippen LogP contribution in [0.4, 0.5) is 0 Å². The molecule has 1 atom stereocenters. The summed E-state index contributed by atoms with van der Waals surface area (Å²) in [5.41, 5.74) is 0.150. The van der Waals surface area contributed by atoms with Gasteiger partial charge in [-0.3, -0.25) is 9.59 Å². The first-order chi connectivity index (χ1) is 9.43. The van der Waals surface area contributed by atoms with Crippen LogP contribution in [0.2, 0.25) is 5.02 Å². The highest BCUT2D eigenvalue weighted by molar-refractivity contribution is 6.31. The van der Waals surface area contributed by atoms with Gasteiger partial charge in [-0.2, -0.15) is 0 Å². The van der Waals surface area contributed by atoms with Crippen molar-refractivity contribution in [2.24, 2.45) is 0 Å². The minimum atomic E-state index is -1.22. The third-order valence-corrected chi connectivity index (χ3v) is 2.66. The Morgan fingerprint density at radius 1 is 1.50 bits per heavy atom. The van der Waals surface area contributed by atoms with Gasteiger partial charge in [-0.05, 0) is 19.4 Å². The molecule has 0 spiro atoms. The van der Waals surface area contributed by atoms with Crippen LogP contribution in [-0.2, 0) is 14.3 Å². The Morgan fingerprint density at radius 3 is 2.70 bits per heavy atom. The van der Waals surface area contributed by atoms with Crippen LogP contribution in [0.25, 0.3) is 0 Å². The lowest BCUT2D eigenvalue weighted by Crippen LogP contribution is -2.41. The molecule has 3 N–H and O–H groups in total. The van der Waals surface area contributed by atoms with Gasteiger partial charge in [0.05, 0.1) is 11.6 Å². The molecule has 0 aromatic carbocycles. The molecule has 0 unspecified atom stereocenters. The highest BCUT2D eigenvalue weighted by Gasteiger charge is 2.22. The van der Waals surface area contributed by atoms with Crippen molar-refractivity contribution in [1.82, 2.24) is 10.3 Å². The number of ether oxygens (including phenoxy) is 1. The van der Waals surface area contributed by atoms with E-state index in [9.17, 15) is 14.4 Å². The predicted octanol–water partition coefficient (Wildman–Crippen LogP) is 1.19. The van der Waals surface area contributed by atoms with E-state index in [-0.39, 0.29) is 25.1 Å². The van der Waals surface area contributed by atoms with E-state index in [2.05, 4.69) is 10.3 Å². The van der Waals surface area contributed by atoms with Crippen LogP contribution < -0.4 is 5.32 Å². The number of hydrogen-bond donors (Lipinski definition) is 3. The van der Waals surface area contributed by atoms with E-state index in [1.165, 1.54) is 12.3 Å². The molecule has 0 aliphatic heterocycles. The molecule has 0 aliphatic rings. The van der Waals surface area contributed by atoms with E-state index in [1.807, 2.05) is 0 Å². The number of rotatable bonds is 7. The highest BCUT2D eigenvalue weighted by atomic mass is 35.5. The maximum atomic E-state index is 11.8. The molecule has 0 aliphatic carbocycles. The summed E-state index contributed by atoms with van der Waals surface area (Å²) in [4.78, 5) is 36.6. The zero-order valence-corrected chi connectivity index (χ0v) is 11.6. The molecule has 0 radical (unpaired) electrons. The van der Waals surface area contributed by atoms with Crippen molar-refractivity contribution in [3.05, 3.63) is 23.0 Å². The predicted molar refractivity (Wildman–Crippen MR) is 70.6 cm³/mol. The normalized spacial score (nSPS) is 11.7. The Morgan fingerprint density at radius 2 is 2.20 bits per heavy atom. The number of nitrogens with one attached hydrogen (secondary N) is 2. The Labute approximate surface area is 120 Å². The van der Waals surface area contributed by atoms with Crippen molar-refractivity contribution < 1.29 is 24.2 Å². The zero-order valence-electron chi connectivity index (χ0n) is 10.8. The first-order valence-electron chi connectivity index (χ1n) is 5.97. The summed E-state index contributed by atoms with van der Waals surface area (Å²) in [5.74, 6) is -2.33. The lowest BCUT2D eigenvalue weighted by Gasteiger charge is -2.13. The first kappa shape index (κ1) is 16.0. The molecule has 0 saturated heterocycles. The zero-order chi connectivity index (χ0) is 15.1. The topological polar surface area (TPSA) is 108 Å². The number of aliphatic carboxylic acids is 1. The van der Waals surface area contributed by atoms with Crippen LogP contribution in [0.1, 0.15) is 30.3 Å². The number of esters is 1.